The van der Waals surface area contributed by atoms with E-state index < -0.39 is 0 Å². The molecule has 0 radical (unpaired) electrons. The number of aryl methyl sites for hydroxylation is 2. The van der Waals surface area contributed by atoms with Gasteiger partial charge in [0.05, 0.1) is 12.3 Å². The zero-order valence-corrected chi connectivity index (χ0v) is 15.2. The zero-order chi connectivity index (χ0) is 17.0. The molecule has 0 bridgehead atoms. The van der Waals surface area contributed by atoms with Gasteiger partial charge in [0, 0.05) is 44.3 Å². The van der Waals surface area contributed by atoms with E-state index in [-0.39, 0.29) is 0 Å². The van der Waals surface area contributed by atoms with Crippen LogP contribution in [0.3, 0.4) is 0 Å². The lowest BCUT2D eigenvalue weighted by atomic mass is 9.76. The van der Waals surface area contributed by atoms with Crippen LogP contribution in [0.4, 0.5) is 0 Å². The number of nitrogens with zero attached hydrogens (tertiary/aromatic N) is 3. The third kappa shape index (κ3) is 3.74. The van der Waals surface area contributed by atoms with E-state index in [1.807, 2.05) is 20.9 Å². The van der Waals surface area contributed by atoms with Crippen molar-refractivity contribution in [3.63, 3.8) is 0 Å². The molecule has 1 atom stereocenters. The molecule has 1 aromatic heterocycles. The number of likely N-dealkylation sites (tertiary alicyclic amines) is 1. The van der Waals surface area contributed by atoms with Crippen LogP contribution in [0.25, 0.3) is 0 Å². The van der Waals surface area contributed by atoms with E-state index in [1.165, 1.54) is 31.2 Å². The highest BCUT2D eigenvalue weighted by Crippen LogP contribution is 2.37. The summed E-state index contributed by atoms with van der Waals surface area (Å²) < 4.78 is 11.0. The van der Waals surface area contributed by atoms with Crippen LogP contribution in [0.5, 0.6) is 0 Å². The van der Waals surface area contributed by atoms with E-state index >= 15 is 0 Å². The van der Waals surface area contributed by atoms with Gasteiger partial charge in [0.2, 0.25) is 0 Å². The number of hydrogen-bond acceptors (Lipinski definition) is 4. The fourth-order valence-corrected chi connectivity index (χ4v) is 4.11. The Morgan fingerprint density at radius 3 is 2.83 bits per heavy atom. The van der Waals surface area contributed by atoms with Crippen molar-refractivity contribution in [2.45, 2.75) is 46.0 Å². The SMILES string of the molecule is CN=C(NCCc1c(C)noc1C)N1CCCC2(CCCOC2)C1. The molecule has 24 heavy (non-hydrogen) atoms. The van der Waals surface area contributed by atoms with E-state index in [0.717, 1.165) is 56.7 Å². The van der Waals surface area contributed by atoms with Gasteiger partial charge in [0.15, 0.2) is 5.96 Å². The van der Waals surface area contributed by atoms with E-state index in [0.29, 0.717) is 5.41 Å². The van der Waals surface area contributed by atoms with Gasteiger partial charge < -0.3 is 19.5 Å². The Bertz CT molecular complexity index is 551. The standard InChI is InChI=1S/C18H30N4O2/c1-14-16(15(2)24-21-14)6-9-20-17(19-3)22-10-4-7-18(12-22)8-5-11-23-13-18/h4-13H2,1-3H3,(H,19,20). The summed E-state index contributed by atoms with van der Waals surface area (Å²) in [5.74, 6) is 1.92. The molecule has 0 saturated carbocycles. The molecular formula is C18H30N4O2. The smallest absolute Gasteiger partial charge is 0.193 e. The number of ether oxygens (including phenoxy) is 1. The average molecular weight is 334 g/mol. The predicted octanol–water partition coefficient (Wildman–Crippen LogP) is 2.30. The van der Waals surface area contributed by atoms with Gasteiger partial charge in [0.1, 0.15) is 5.76 Å². The number of rotatable bonds is 3. The predicted molar refractivity (Wildman–Crippen MR) is 94.3 cm³/mol. The molecule has 0 aliphatic carbocycles. The van der Waals surface area contributed by atoms with Crippen LogP contribution in [0.1, 0.15) is 42.7 Å². The van der Waals surface area contributed by atoms with Crippen LogP contribution >= 0.6 is 0 Å². The molecule has 2 fully saturated rings. The van der Waals surface area contributed by atoms with Gasteiger partial charge in [-0.3, -0.25) is 4.99 Å². The van der Waals surface area contributed by atoms with Crippen molar-refractivity contribution in [2.24, 2.45) is 10.4 Å². The molecule has 3 rings (SSSR count). The second-order valence-electron chi connectivity index (χ2n) is 7.21. The van der Waals surface area contributed by atoms with Gasteiger partial charge in [-0.15, -0.1) is 0 Å². The molecule has 2 aliphatic rings. The molecular weight excluding hydrogens is 304 g/mol. The highest BCUT2D eigenvalue weighted by Gasteiger charge is 2.38. The summed E-state index contributed by atoms with van der Waals surface area (Å²) in [6.45, 7) is 8.77. The minimum absolute atomic E-state index is 0.329. The third-order valence-corrected chi connectivity index (χ3v) is 5.42. The van der Waals surface area contributed by atoms with Crippen LogP contribution in [0.2, 0.25) is 0 Å². The number of guanidine groups is 1. The van der Waals surface area contributed by atoms with Gasteiger partial charge in [-0.2, -0.15) is 0 Å². The molecule has 2 saturated heterocycles. The molecule has 3 heterocycles. The van der Waals surface area contributed by atoms with Gasteiger partial charge in [-0.1, -0.05) is 5.16 Å². The first-order chi connectivity index (χ1) is 11.6. The molecule has 0 aromatic carbocycles. The van der Waals surface area contributed by atoms with E-state index in [1.54, 1.807) is 0 Å². The summed E-state index contributed by atoms with van der Waals surface area (Å²) in [5.41, 5.74) is 2.52. The summed E-state index contributed by atoms with van der Waals surface area (Å²) in [6, 6.07) is 0. The van der Waals surface area contributed by atoms with Crippen molar-refractivity contribution >= 4 is 5.96 Å². The lowest BCUT2D eigenvalue weighted by Gasteiger charge is -2.45. The number of piperidine rings is 1. The van der Waals surface area contributed by atoms with Crippen molar-refractivity contribution < 1.29 is 9.26 Å². The Kier molecular flexibility index (Phi) is 5.43. The number of hydrogen-bond donors (Lipinski definition) is 1. The van der Waals surface area contributed by atoms with Crippen molar-refractivity contribution in [3.8, 4) is 0 Å². The molecule has 2 aliphatic heterocycles. The van der Waals surface area contributed by atoms with Crippen molar-refractivity contribution in [1.82, 2.24) is 15.4 Å². The van der Waals surface area contributed by atoms with E-state index in [4.69, 9.17) is 9.26 Å². The lowest BCUT2D eigenvalue weighted by molar-refractivity contribution is -0.0370. The lowest BCUT2D eigenvalue weighted by Crippen LogP contribution is -2.53. The van der Waals surface area contributed by atoms with Gasteiger partial charge in [-0.25, -0.2) is 0 Å². The van der Waals surface area contributed by atoms with Gasteiger partial charge in [0.25, 0.3) is 0 Å². The highest BCUT2D eigenvalue weighted by molar-refractivity contribution is 5.80. The van der Waals surface area contributed by atoms with Crippen molar-refractivity contribution in [3.05, 3.63) is 17.0 Å². The fourth-order valence-electron chi connectivity index (χ4n) is 4.11. The van der Waals surface area contributed by atoms with Crippen molar-refractivity contribution in [1.29, 1.82) is 0 Å². The van der Waals surface area contributed by atoms with Crippen LogP contribution in [-0.2, 0) is 11.2 Å². The van der Waals surface area contributed by atoms with Gasteiger partial charge >= 0.3 is 0 Å². The summed E-state index contributed by atoms with van der Waals surface area (Å²) in [4.78, 5) is 6.91. The minimum atomic E-state index is 0.329. The maximum atomic E-state index is 5.78. The number of nitrogens with one attached hydrogen (secondary N) is 1. The summed E-state index contributed by atoms with van der Waals surface area (Å²) in [7, 11) is 1.87. The Balaban J connectivity index is 1.56. The quantitative estimate of drug-likeness (QED) is 0.679. The second kappa shape index (κ2) is 7.55. The molecule has 1 spiro atoms. The minimum Gasteiger partial charge on any atom is -0.381 e. The Hall–Kier alpha value is -1.56. The molecule has 6 heteroatoms. The molecule has 0 amide bonds. The van der Waals surface area contributed by atoms with Crippen LogP contribution in [-0.4, -0.2) is 55.9 Å². The Morgan fingerprint density at radius 2 is 2.17 bits per heavy atom. The Morgan fingerprint density at radius 1 is 1.33 bits per heavy atom. The summed E-state index contributed by atoms with van der Waals surface area (Å²) in [5, 5.41) is 7.54. The highest BCUT2D eigenvalue weighted by atomic mass is 16.5. The second-order valence-corrected chi connectivity index (χ2v) is 7.21. The normalized spacial score (nSPS) is 25.3. The van der Waals surface area contributed by atoms with E-state index in [2.05, 4.69) is 20.4 Å². The maximum absolute atomic E-state index is 5.78. The third-order valence-electron chi connectivity index (χ3n) is 5.42. The van der Waals surface area contributed by atoms with Crippen LogP contribution in [0.15, 0.2) is 9.52 Å². The Labute approximate surface area is 144 Å². The van der Waals surface area contributed by atoms with E-state index in [9.17, 15) is 0 Å². The maximum Gasteiger partial charge on any atom is 0.193 e. The van der Waals surface area contributed by atoms with Crippen LogP contribution < -0.4 is 5.32 Å². The first kappa shape index (κ1) is 17.3. The van der Waals surface area contributed by atoms with Crippen molar-refractivity contribution in [2.75, 3.05) is 39.9 Å². The fraction of sp³-hybridized carbons (Fsp3) is 0.778. The molecule has 6 nitrogen and oxygen atoms in total. The monoisotopic (exact) mass is 334 g/mol. The summed E-state index contributed by atoms with van der Waals surface area (Å²) in [6.07, 6.45) is 5.86. The number of aliphatic imine (C=N–C) groups is 1. The zero-order valence-electron chi connectivity index (χ0n) is 15.2. The van der Waals surface area contributed by atoms with Crippen LogP contribution in [0, 0.1) is 19.3 Å². The largest absolute Gasteiger partial charge is 0.381 e. The first-order valence-corrected chi connectivity index (χ1v) is 9.09. The molecule has 1 aromatic rings. The van der Waals surface area contributed by atoms with Gasteiger partial charge in [-0.05, 0) is 46.0 Å². The summed E-state index contributed by atoms with van der Waals surface area (Å²) >= 11 is 0. The molecule has 1 N–H and O–H groups in total. The molecule has 1 unspecified atom stereocenters. The average Bonchev–Trinajstić information content (AvgIpc) is 2.91. The molecule has 134 valence electrons. The first-order valence-electron chi connectivity index (χ1n) is 9.09. The number of aromatic nitrogens is 1. The topological polar surface area (TPSA) is 62.9 Å².